The van der Waals surface area contributed by atoms with Crippen LogP contribution in [0.3, 0.4) is 0 Å². The van der Waals surface area contributed by atoms with Gasteiger partial charge in [0, 0.05) is 24.7 Å². The Morgan fingerprint density at radius 2 is 1.91 bits per heavy atom. The molecule has 1 heterocycles. The number of H-pyrrole nitrogens is 1. The normalized spacial score (nSPS) is 10.5. The molecule has 23 heavy (non-hydrogen) atoms. The van der Waals surface area contributed by atoms with E-state index in [1.165, 1.54) is 6.92 Å². The highest BCUT2D eigenvalue weighted by atomic mass is 16.2. The second-order valence-electron chi connectivity index (χ2n) is 5.09. The lowest BCUT2D eigenvalue weighted by Crippen LogP contribution is -2.22. The first-order chi connectivity index (χ1) is 11.1. The summed E-state index contributed by atoms with van der Waals surface area (Å²) in [4.78, 5) is 23.3. The van der Waals surface area contributed by atoms with Gasteiger partial charge in [0.1, 0.15) is 11.0 Å². The van der Waals surface area contributed by atoms with E-state index in [0.717, 1.165) is 5.56 Å². The third-order valence-electron chi connectivity index (χ3n) is 3.28. The van der Waals surface area contributed by atoms with Crippen LogP contribution in [0.15, 0.2) is 42.5 Å². The molecule has 1 aromatic heterocycles. The lowest BCUT2D eigenvalue weighted by Gasteiger charge is -2.08. The topological polar surface area (TPSA) is 99.8 Å². The Morgan fingerprint density at radius 1 is 1.09 bits per heavy atom. The molecule has 3 aromatic rings. The number of benzene rings is 2. The molecular formula is C16H15N5O2. The Hall–Kier alpha value is -3.22. The zero-order valence-electron chi connectivity index (χ0n) is 12.5. The number of hydrogen-bond acceptors (Lipinski definition) is 4. The Balaban J connectivity index is 1.67. The van der Waals surface area contributed by atoms with Gasteiger partial charge >= 0.3 is 0 Å². The lowest BCUT2D eigenvalue weighted by atomic mass is 10.1. The van der Waals surface area contributed by atoms with Gasteiger partial charge in [0.2, 0.25) is 5.91 Å². The van der Waals surface area contributed by atoms with Crippen LogP contribution in [0.5, 0.6) is 0 Å². The summed E-state index contributed by atoms with van der Waals surface area (Å²) in [6.45, 7) is 1.82. The number of aromatic nitrogens is 3. The number of carbonyl (C=O) groups excluding carboxylic acids is 2. The van der Waals surface area contributed by atoms with Crippen LogP contribution in [0.1, 0.15) is 22.8 Å². The Morgan fingerprint density at radius 3 is 2.74 bits per heavy atom. The Labute approximate surface area is 132 Å². The summed E-state index contributed by atoms with van der Waals surface area (Å²) < 4.78 is 0. The highest BCUT2D eigenvalue weighted by Crippen LogP contribution is 2.12. The predicted molar refractivity (Wildman–Crippen MR) is 85.8 cm³/mol. The van der Waals surface area contributed by atoms with E-state index in [4.69, 9.17) is 0 Å². The first-order valence-electron chi connectivity index (χ1n) is 7.07. The molecule has 0 saturated carbocycles. The molecule has 0 aliphatic rings. The molecule has 3 rings (SSSR count). The molecule has 0 atom stereocenters. The van der Waals surface area contributed by atoms with E-state index in [0.29, 0.717) is 28.8 Å². The fourth-order valence-corrected chi connectivity index (χ4v) is 2.23. The molecule has 0 bridgehead atoms. The number of hydrogen-bond donors (Lipinski definition) is 3. The average Bonchev–Trinajstić information content (AvgIpc) is 3.00. The number of aromatic amines is 1. The van der Waals surface area contributed by atoms with Crippen molar-refractivity contribution in [1.82, 2.24) is 20.7 Å². The minimum absolute atomic E-state index is 0.132. The minimum atomic E-state index is -0.195. The number of amides is 2. The number of anilines is 1. The van der Waals surface area contributed by atoms with Crippen molar-refractivity contribution in [3.05, 3.63) is 53.6 Å². The van der Waals surface area contributed by atoms with Gasteiger partial charge in [-0.2, -0.15) is 15.4 Å². The largest absolute Gasteiger partial charge is 0.348 e. The number of rotatable bonds is 4. The van der Waals surface area contributed by atoms with Crippen molar-refractivity contribution >= 4 is 28.5 Å². The molecule has 0 spiro atoms. The second-order valence-corrected chi connectivity index (χ2v) is 5.09. The molecule has 0 fully saturated rings. The molecular weight excluding hydrogens is 294 g/mol. The van der Waals surface area contributed by atoms with Crippen molar-refractivity contribution in [3.63, 3.8) is 0 Å². The summed E-state index contributed by atoms with van der Waals surface area (Å²) in [5.74, 6) is -0.327. The van der Waals surface area contributed by atoms with Gasteiger partial charge < -0.3 is 10.6 Å². The van der Waals surface area contributed by atoms with Gasteiger partial charge in [-0.1, -0.05) is 12.1 Å². The van der Waals surface area contributed by atoms with Crippen molar-refractivity contribution in [1.29, 1.82) is 0 Å². The highest BCUT2D eigenvalue weighted by Gasteiger charge is 2.08. The summed E-state index contributed by atoms with van der Waals surface area (Å²) in [6, 6.07) is 12.5. The third-order valence-corrected chi connectivity index (χ3v) is 3.28. The maximum absolute atomic E-state index is 12.2. The molecule has 7 heteroatoms. The smallest absolute Gasteiger partial charge is 0.251 e. The van der Waals surface area contributed by atoms with Crippen LogP contribution in [-0.2, 0) is 11.3 Å². The predicted octanol–water partition coefficient (Wildman–Crippen LogP) is 1.85. The number of fused-ring (bicyclic) bond motifs is 1. The van der Waals surface area contributed by atoms with Crippen molar-refractivity contribution in [2.24, 2.45) is 0 Å². The number of nitrogens with one attached hydrogen (secondary N) is 3. The zero-order chi connectivity index (χ0) is 16.2. The molecule has 3 N–H and O–H groups in total. The van der Waals surface area contributed by atoms with Crippen LogP contribution in [0.25, 0.3) is 11.0 Å². The van der Waals surface area contributed by atoms with Gasteiger partial charge in [-0.3, -0.25) is 9.59 Å². The molecule has 2 aromatic carbocycles. The SMILES string of the molecule is CC(=O)Nc1cccc(CNC(=O)c2ccc3n[nH]nc3c2)c1. The molecule has 7 nitrogen and oxygen atoms in total. The van der Waals surface area contributed by atoms with Crippen LogP contribution in [-0.4, -0.2) is 27.2 Å². The molecule has 0 radical (unpaired) electrons. The van der Waals surface area contributed by atoms with Gasteiger partial charge in [-0.05, 0) is 35.9 Å². The van der Waals surface area contributed by atoms with E-state index in [1.54, 1.807) is 24.3 Å². The van der Waals surface area contributed by atoms with E-state index in [9.17, 15) is 9.59 Å². The first kappa shape index (κ1) is 14.7. The second kappa shape index (κ2) is 6.27. The molecule has 0 unspecified atom stereocenters. The molecule has 0 saturated heterocycles. The third kappa shape index (κ3) is 3.52. The van der Waals surface area contributed by atoms with Crippen molar-refractivity contribution in [2.75, 3.05) is 5.32 Å². The van der Waals surface area contributed by atoms with Crippen molar-refractivity contribution < 1.29 is 9.59 Å². The van der Waals surface area contributed by atoms with E-state index < -0.39 is 0 Å². The monoisotopic (exact) mass is 309 g/mol. The maximum atomic E-state index is 12.2. The van der Waals surface area contributed by atoms with Crippen LogP contribution in [0.4, 0.5) is 5.69 Å². The van der Waals surface area contributed by atoms with E-state index in [-0.39, 0.29) is 11.8 Å². The fraction of sp³-hybridized carbons (Fsp3) is 0.125. The molecule has 116 valence electrons. The standard InChI is InChI=1S/C16H15N5O2/c1-10(22)18-13-4-2-3-11(7-13)9-17-16(23)12-5-6-14-15(8-12)20-21-19-14/h2-8H,9H2,1H3,(H,17,23)(H,18,22)(H,19,20,21). The van der Waals surface area contributed by atoms with E-state index in [1.807, 2.05) is 18.2 Å². The van der Waals surface area contributed by atoms with Gasteiger partial charge in [0.15, 0.2) is 0 Å². The van der Waals surface area contributed by atoms with Crippen molar-refractivity contribution in [2.45, 2.75) is 13.5 Å². The van der Waals surface area contributed by atoms with Gasteiger partial charge in [-0.25, -0.2) is 0 Å². The van der Waals surface area contributed by atoms with Gasteiger partial charge in [0.05, 0.1) is 0 Å². The molecule has 2 amide bonds. The fourth-order valence-electron chi connectivity index (χ4n) is 2.23. The summed E-state index contributed by atoms with van der Waals surface area (Å²) in [6.07, 6.45) is 0. The maximum Gasteiger partial charge on any atom is 0.251 e. The lowest BCUT2D eigenvalue weighted by molar-refractivity contribution is -0.114. The summed E-state index contributed by atoms with van der Waals surface area (Å²) in [7, 11) is 0. The average molecular weight is 309 g/mol. The minimum Gasteiger partial charge on any atom is -0.348 e. The number of nitrogens with zero attached hydrogens (tertiary/aromatic N) is 2. The van der Waals surface area contributed by atoms with E-state index in [2.05, 4.69) is 26.0 Å². The van der Waals surface area contributed by atoms with Crippen LogP contribution < -0.4 is 10.6 Å². The van der Waals surface area contributed by atoms with Crippen LogP contribution in [0.2, 0.25) is 0 Å². The summed E-state index contributed by atoms with van der Waals surface area (Å²) >= 11 is 0. The Bertz CT molecular complexity index is 872. The summed E-state index contributed by atoms with van der Waals surface area (Å²) in [5, 5.41) is 16.0. The van der Waals surface area contributed by atoms with E-state index >= 15 is 0 Å². The Kier molecular flexibility index (Phi) is 4.01. The number of carbonyl (C=O) groups is 2. The first-order valence-corrected chi connectivity index (χ1v) is 7.07. The van der Waals surface area contributed by atoms with Crippen LogP contribution >= 0.6 is 0 Å². The van der Waals surface area contributed by atoms with Gasteiger partial charge in [0.25, 0.3) is 5.91 Å². The molecule has 0 aliphatic carbocycles. The van der Waals surface area contributed by atoms with Crippen molar-refractivity contribution in [3.8, 4) is 0 Å². The molecule has 0 aliphatic heterocycles. The van der Waals surface area contributed by atoms with Gasteiger partial charge in [-0.15, -0.1) is 0 Å². The highest BCUT2D eigenvalue weighted by molar-refractivity contribution is 5.97. The summed E-state index contributed by atoms with van der Waals surface area (Å²) in [5.41, 5.74) is 3.47. The quantitative estimate of drug-likeness (QED) is 0.684. The van der Waals surface area contributed by atoms with Crippen LogP contribution in [0, 0.1) is 0 Å². The zero-order valence-corrected chi connectivity index (χ0v) is 12.5.